The van der Waals surface area contributed by atoms with E-state index < -0.39 is 0 Å². The van der Waals surface area contributed by atoms with Crippen molar-refractivity contribution in [2.24, 2.45) is 16.5 Å². The molecule has 0 spiro atoms. The average molecular weight is 128 g/mol. The van der Waals surface area contributed by atoms with E-state index in [0.717, 1.165) is 0 Å². The van der Waals surface area contributed by atoms with Crippen molar-refractivity contribution in [3.05, 3.63) is 0 Å². The number of nitrogens with zero attached hydrogens (tertiary/aromatic N) is 1. The van der Waals surface area contributed by atoms with Crippen molar-refractivity contribution in [3.8, 4) is 0 Å². The van der Waals surface area contributed by atoms with E-state index in [1.807, 2.05) is 6.92 Å². The number of rotatable bonds is 3. The highest BCUT2D eigenvalue weighted by Gasteiger charge is 1.91. The third kappa shape index (κ3) is 4.80. The molecule has 0 radical (unpaired) electrons. The lowest BCUT2D eigenvalue weighted by Gasteiger charge is -1.95. The second-order valence-corrected chi connectivity index (χ2v) is 1.67. The molecule has 0 unspecified atom stereocenters. The maximum absolute atomic E-state index is 6.82. The first-order chi connectivity index (χ1) is 4.16. The summed E-state index contributed by atoms with van der Waals surface area (Å²) in [5, 5.41) is 6.82. The fraction of sp³-hybridized carbons (Fsp3) is 0.600. The molecule has 9 heavy (non-hydrogen) atoms. The van der Waals surface area contributed by atoms with E-state index in [9.17, 15) is 0 Å². The topological polar surface area (TPSA) is 88.2 Å². The Balaban J connectivity index is 3.62. The molecule has 0 aliphatic heterocycles. The molecule has 0 aromatic carbocycles. The van der Waals surface area contributed by atoms with Crippen LogP contribution in [-0.2, 0) is 0 Å². The van der Waals surface area contributed by atoms with Crippen molar-refractivity contribution in [1.29, 1.82) is 5.41 Å². The van der Waals surface area contributed by atoms with Crippen molar-refractivity contribution in [2.45, 2.75) is 13.3 Å². The summed E-state index contributed by atoms with van der Waals surface area (Å²) in [5.74, 6) is 0.495. The van der Waals surface area contributed by atoms with E-state index in [1.165, 1.54) is 0 Å². The summed E-state index contributed by atoms with van der Waals surface area (Å²) in [5.41, 5.74) is 10.4. The molecule has 0 saturated carbocycles. The van der Waals surface area contributed by atoms with Crippen molar-refractivity contribution in [2.75, 3.05) is 6.54 Å². The summed E-state index contributed by atoms with van der Waals surface area (Å²) in [6.45, 7) is 2.53. The summed E-state index contributed by atoms with van der Waals surface area (Å²) in [7, 11) is 0. The normalized spacial score (nSPS) is 11.4. The molecule has 0 aromatic rings. The smallest absolute Gasteiger partial charge is 0.101 e. The Labute approximate surface area is 54.5 Å². The van der Waals surface area contributed by atoms with Gasteiger partial charge in [0.1, 0.15) is 5.84 Å². The monoisotopic (exact) mass is 128 g/mol. The van der Waals surface area contributed by atoms with Crippen LogP contribution in [0, 0.1) is 5.41 Å². The Kier molecular flexibility index (Phi) is 3.43. The van der Waals surface area contributed by atoms with Crippen LogP contribution in [0.25, 0.3) is 0 Å². The van der Waals surface area contributed by atoms with Crippen LogP contribution in [0.4, 0.5) is 0 Å². The highest BCUT2D eigenvalue weighted by atomic mass is 14.9. The summed E-state index contributed by atoms with van der Waals surface area (Å²) in [6.07, 6.45) is 0.286. The van der Waals surface area contributed by atoms with Gasteiger partial charge in [0.15, 0.2) is 0 Å². The molecular formula is C5H12N4. The van der Waals surface area contributed by atoms with Gasteiger partial charge in [0.05, 0.1) is 12.3 Å². The third-order valence-electron chi connectivity index (χ3n) is 0.733. The van der Waals surface area contributed by atoms with Gasteiger partial charge in [-0.2, -0.15) is 0 Å². The van der Waals surface area contributed by atoms with Crippen molar-refractivity contribution in [1.82, 2.24) is 0 Å². The highest BCUT2D eigenvalue weighted by Crippen LogP contribution is 1.77. The fourth-order valence-corrected chi connectivity index (χ4v) is 0.454. The van der Waals surface area contributed by atoms with Crippen LogP contribution >= 0.6 is 0 Å². The van der Waals surface area contributed by atoms with Gasteiger partial charge in [-0.15, -0.1) is 0 Å². The summed E-state index contributed by atoms with van der Waals surface area (Å²) in [4.78, 5) is 3.84. The Hall–Kier alpha value is -1.06. The maximum Gasteiger partial charge on any atom is 0.101 e. The quantitative estimate of drug-likeness (QED) is 0.359. The van der Waals surface area contributed by atoms with Gasteiger partial charge in [-0.25, -0.2) is 0 Å². The molecule has 0 atom stereocenters. The van der Waals surface area contributed by atoms with Crippen LogP contribution in [-0.4, -0.2) is 18.2 Å². The van der Waals surface area contributed by atoms with Gasteiger partial charge in [0.2, 0.25) is 0 Å². The lowest BCUT2D eigenvalue weighted by atomic mass is 10.4. The first-order valence-electron chi connectivity index (χ1n) is 2.78. The van der Waals surface area contributed by atoms with Crippen molar-refractivity contribution >= 4 is 11.7 Å². The molecule has 0 amide bonds. The first-order valence-corrected chi connectivity index (χ1v) is 2.78. The Morgan fingerprint density at radius 1 is 1.56 bits per heavy atom. The molecule has 0 aromatic heterocycles. The SMILES string of the molecule is CCN=C(N)CC(=N)N. The zero-order chi connectivity index (χ0) is 7.28. The molecule has 4 heteroatoms. The Bertz CT molecular complexity index is 127. The number of aliphatic imine (C=N–C) groups is 1. The van der Waals surface area contributed by atoms with Crippen LogP contribution in [0.1, 0.15) is 13.3 Å². The average Bonchev–Trinajstić information content (AvgIpc) is 1.63. The minimum atomic E-state index is 0.0599. The van der Waals surface area contributed by atoms with Gasteiger partial charge < -0.3 is 11.5 Å². The molecule has 0 heterocycles. The lowest BCUT2D eigenvalue weighted by Crippen LogP contribution is -2.21. The van der Waals surface area contributed by atoms with Gasteiger partial charge >= 0.3 is 0 Å². The largest absolute Gasteiger partial charge is 0.387 e. The number of nitrogens with two attached hydrogens (primary N) is 2. The molecule has 52 valence electrons. The zero-order valence-electron chi connectivity index (χ0n) is 5.52. The molecule has 0 fully saturated rings. The molecule has 0 aliphatic rings. The highest BCUT2D eigenvalue weighted by molar-refractivity contribution is 5.99. The van der Waals surface area contributed by atoms with Crippen molar-refractivity contribution in [3.63, 3.8) is 0 Å². The van der Waals surface area contributed by atoms with E-state index >= 15 is 0 Å². The second kappa shape index (κ2) is 3.88. The van der Waals surface area contributed by atoms with E-state index in [2.05, 4.69) is 4.99 Å². The number of nitrogens with one attached hydrogen (secondary N) is 1. The van der Waals surface area contributed by atoms with Crippen LogP contribution < -0.4 is 11.5 Å². The summed E-state index contributed by atoms with van der Waals surface area (Å²) >= 11 is 0. The molecule has 4 nitrogen and oxygen atoms in total. The second-order valence-electron chi connectivity index (χ2n) is 1.67. The van der Waals surface area contributed by atoms with Crippen LogP contribution in [0.5, 0.6) is 0 Å². The fourth-order valence-electron chi connectivity index (χ4n) is 0.454. The van der Waals surface area contributed by atoms with E-state index in [1.54, 1.807) is 0 Å². The predicted molar refractivity (Wildman–Crippen MR) is 38.7 cm³/mol. The molecule has 0 bridgehead atoms. The number of hydrogen-bond acceptors (Lipinski definition) is 2. The van der Waals surface area contributed by atoms with Crippen molar-refractivity contribution < 1.29 is 0 Å². The van der Waals surface area contributed by atoms with E-state index in [4.69, 9.17) is 16.9 Å². The predicted octanol–water partition coefficient (Wildman–Crippen LogP) is -0.310. The minimum Gasteiger partial charge on any atom is -0.387 e. The lowest BCUT2D eigenvalue weighted by molar-refractivity contribution is 1.11. The number of amidine groups is 2. The van der Waals surface area contributed by atoms with Crippen LogP contribution in [0.15, 0.2) is 4.99 Å². The molecular weight excluding hydrogens is 116 g/mol. The summed E-state index contributed by atoms with van der Waals surface area (Å²) < 4.78 is 0. The van der Waals surface area contributed by atoms with Gasteiger partial charge in [-0.1, -0.05) is 0 Å². The zero-order valence-corrected chi connectivity index (χ0v) is 5.52. The maximum atomic E-state index is 6.82. The van der Waals surface area contributed by atoms with Crippen LogP contribution in [0.2, 0.25) is 0 Å². The van der Waals surface area contributed by atoms with E-state index in [-0.39, 0.29) is 12.3 Å². The van der Waals surface area contributed by atoms with Crippen LogP contribution in [0.3, 0.4) is 0 Å². The molecule has 0 rings (SSSR count). The van der Waals surface area contributed by atoms with Gasteiger partial charge in [0, 0.05) is 6.54 Å². The van der Waals surface area contributed by atoms with Gasteiger partial charge in [-0.3, -0.25) is 10.4 Å². The molecule has 0 aliphatic carbocycles. The standard InChI is InChI=1S/C5H12N4/c1-2-9-5(8)3-4(6)7/h2-3H2,1H3,(H3,6,7)(H2,8,9). The molecule has 5 N–H and O–H groups in total. The van der Waals surface area contributed by atoms with Gasteiger partial charge in [0.25, 0.3) is 0 Å². The number of hydrogen-bond donors (Lipinski definition) is 3. The third-order valence-corrected chi connectivity index (χ3v) is 0.733. The minimum absolute atomic E-state index is 0.0599. The van der Waals surface area contributed by atoms with E-state index in [0.29, 0.717) is 12.4 Å². The Morgan fingerprint density at radius 3 is 2.44 bits per heavy atom. The summed E-state index contributed by atoms with van der Waals surface area (Å²) in [6, 6.07) is 0. The first kappa shape index (κ1) is 7.94. The Morgan fingerprint density at radius 2 is 2.11 bits per heavy atom. The van der Waals surface area contributed by atoms with Gasteiger partial charge in [-0.05, 0) is 6.92 Å². The molecule has 0 saturated heterocycles.